The summed E-state index contributed by atoms with van der Waals surface area (Å²) < 4.78 is 0. The van der Waals surface area contributed by atoms with E-state index in [2.05, 4.69) is 15.6 Å². The maximum Gasteiger partial charge on any atom is 0.252 e. The molecule has 2 N–H and O–H groups in total. The highest BCUT2D eigenvalue weighted by Crippen LogP contribution is 2.27. The largest absolute Gasteiger partial charge is 0.354 e. The predicted octanol–water partition coefficient (Wildman–Crippen LogP) is 1.82. The van der Waals surface area contributed by atoms with Crippen LogP contribution in [-0.4, -0.2) is 29.9 Å². The Balaban J connectivity index is 1.61. The molecule has 1 fully saturated rings. The zero-order chi connectivity index (χ0) is 15.1. The summed E-state index contributed by atoms with van der Waals surface area (Å²) in [4.78, 5) is 27.6. The van der Waals surface area contributed by atoms with Crippen LogP contribution in [0.3, 0.4) is 0 Å². The monoisotopic (exact) mass is 289 g/mol. The molecule has 0 aromatic carbocycles. The molecule has 2 rings (SSSR count). The maximum atomic E-state index is 11.8. The SMILES string of the molecule is Cc1ccc(C(=O)NCCNC(=O)CC2CCCC2)cn1. The Bertz CT molecular complexity index is 479. The molecular weight excluding hydrogens is 266 g/mol. The van der Waals surface area contributed by atoms with Gasteiger partial charge in [-0.15, -0.1) is 0 Å². The molecule has 0 spiro atoms. The fourth-order valence-electron chi connectivity index (χ4n) is 2.63. The van der Waals surface area contributed by atoms with Crippen LogP contribution in [0.5, 0.6) is 0 Å². The van der Waals surface area contributed by atoms with E-state index in [0.29, 0.717) is 31.0 Å². The second-order valence-electron chi connectivity index (χ2n) is 5.65. The van der Waals surface area contributed by atoms with Crippen LogP contribution in [0.4, 0.5) is 0 Å². The van der Waals surface area contributed by atoms with Gasteiger partial charge in [0.1, 0.15) is 0 Å². The lowest BCUT2D eigenvalue weighted by molar-refractivity contribution is -0.121. The van der Waals surface area contributed by atoms with Crippen molar-refractivity contribution in [2.24, 2.45) is 5.92 Å². The van der Waals surface area contributed by atoms with Gasteiger partial charge in [0.2, 0.25) is 5.91 Å². The first-order valence-electron chi connectivity index (χ1n) is 7.62. The van der Waals surface area contributed by atoms with E-state index in [9.17, 15) is 9.59 Å². The molecule has 1 heterocycles. The summed E-state index contributed by atoms with van der Waals surface area (Å²) in [6, 6.07) is 3.55. The van der Waals surface area contributed by atoms with Crippen molar-refractivity contribution >= 4 is 11.8 Å². The quantitative estimate of drug-likeness (QED) is 0.785. The van der Waals surface area contributed by atoms with E-state index >= 15 is 0 Å². The third-order valence-corrected chi connectivity index (χ3v) is 3.86. The number of pyridine rings is 1. The van der Waals surface area contributed by atoms with E-state index in [1.807, 2.05) is 6.92 Å². The van der Waals surface area contributed by atoms with Crippen molar-refractivity contribution in [2.75, 3.05) is 13.1 Å². The number of aryl methyl sites for hydroxylation is 1. The Morgan fingerprint density at radius 3 is 2.57 bits per heavy atom. The third kappa shape index (κ3) is 5.17. The van der Waals surface area contributed by atoms with Crippen LogP contribution in [0.15, 0.2) is 18.3 Å². The minimum Gasteiger partial charge on any atom is -0.354 e. The summed E-state index contributed by atoms with van der Waals surface area (Å²) in [5.74, 6) is 0.485. The van der Waals surface area contributed by atoms with Crippen molar-refractivity contribution in [2.45, 2.75) is 39.0 Å². The molecule has 2 amide bonds. The summed E-state index contributed by atoms with van der Waals surface area (Å²) in [5.41, 5.74) is 1.42. The van der Waals surface area contributed by atoms with Crippen molar-refractivity contribution in [1.29, 1.82) is 0 Å². The molecule has 0 bridgehead atoms. The smallest absolute Gasteiger partial charge is 0.252 e. The number of hydrogen-bond acceptors (Lipinski definition) is 3. The normalized spacial score (nSPS) is 14.9. The van der Waals surface area contributed by atoms with E-state index in [-0.39, 0.29) is 11.8 Å². The number of carbonyl (C=O) groups excluding carboxylic acids is 2. The molecule has 1 aromatic heterocycles. The first kappa shape index (κ1) is 15.5. The van der Waals surface area contributed by atoms with Gasteiger partial charge >= 0.3 is 0 Å². The second kappa shape index (κ2) is 7.76. The van der Waals surface area contributed by atoms with Crippen molar-refractivity contribution < 1.29 is 9.59 Å². The fourth-order valence-corrected chi connectivity index (χ4v) is 2.63. The van der Waals surface area contributed by atoms with Gasteiger partial charge in [0.05, 0.1) is 5.56 Å². The molecule has 5 nitrogen and oxygen atoms in total. The van der Waals surface area contributed by atoms with Gasteiger partial charge in [-0.3, -0.25) is 14.6 Å². The molecule has 0 aliphatic heterocycles. The number of rotatable bonds is 6. The Kier molecular flexibility index (Phi) is 5.72. The van der Waals surface area contributed by atoms with E-state index in [4.69, 9.17) is 0 Å². The fraction of sp³-hybridized carbons (Fsp3) is 0.562. The van der Waals surface area contributed by atoms with Gasteiger partial charge < -0.3 is 10.6 Å². The summed E-state index contributed by atoms with van der Waals surface area (Å²) in [7, 11) is 0. The van der Waals surface area contributed by atoms with Gasteiger partial charge in [-0.05, 0) is 37.8 Å². The zero-order valence-corrected chi connectivity index (χ0v) is 12.5. The Labute approximate surface area is 125 Å². The van der Waals surface area contributed by atoms with Gasteiger partial charge in [0.25, 0.3) is 5.91 Å². The predicted molar refractivity (Wildman–Crippen MR) is 80.9 cm³/mol. The first-order chi connectivity index (χ1) is 10.1. The topological polar surface area (TPSA) is 71.1 Å². The van der Waals surface area contributed by atoms with Crippen molar-refractivity contribution in [3.8, 4) is 0 Å². The van der Waals surface area contributed by atoms with Crippen LogP contribution in [0.1, 0.15) is 48.2 Å². The number of amides is 2. The molecule has 1 aromatic rings. The molecule has 1 aliphatic carbocycles. The molecule has 0 atom stereocenters. The van der Waals surface area contributed by atoms with Gasteiger partial charge in [0.15, 0.2) is 0 Å². The van der Waals surface area contributed by atoms with E-state index < -0.39 is 0 Å². The van der Waals surface area contributed by atoms with E-state index in [0.717, 1.165) is 5.69 Å². The van der Waals surface area contributed by atoms with Crippen LogP contribution < -0.4 is 10.6 Å². The molecule has 1 aliphatic rings. The summed E-state index contributed by atoms with van der Waals surface area (Å²) in [6.45, 7) is 2.78. The molecule has 0 unspecified atom stereocenters. The molecular formula is C16H23N3O2. The zero-order valence-electron chi connectivity index (χ0n) is 12.5. The van der Waals surface area contributed by atoms with Crippen LogP contribution in [0.25, 0.3) is 0 Å². The number of nitrogens with one attached hydrogen (secondary N) is 2. The number of nitrogens with zero attached hydrogens (tertiary/aromatic N) is 1. The second-order valence-corrected chi connectivity index (χ2v) is 5.65. The van der Waals surface area contributed by atoms with Crippen LogP contribution in [0.2, 0.25) is 0 Å². The van der Waals surface area contributed by atoms with Crippen molar-refractivity contribution in [3.63, 3.8) is 0 Å². The lowest BCUT2D eigenvalue weighted by Gasteiger charge is -2.10. The van der Waals surface area contributed by atoms with Gasteiger partial charge in [0, 0.05) is 31.4 Å². The number of carbonyl (C=O) groups is 2. The van der Waals surface area contributed by atoms with Crippen LogP contribution in [0, 0.1) is 12.8 Å². The minimum atomic E-state index is -0.160. The molecule has 1 saturated carbocycles. The van der Waals surface area contributed by atoms with Gasteiger partial charge in [-0.1, -0.05) is 12.8 Å². The summed E-state index contributed by atoms with van der Waals surface area (Å²) >= 11 is 0. The van der Waals surface area contributed by atoms with E-state index in [1.165, 1.54) is 25.7 Å². The van der Waals surface area contributed by atoms with Crippen molar-refractivity contribution in [1.82, 2.24) is 15.6 Å². The van der Waals surface area contributed by atoms with Gasteiger partial charge in [-0.25, -0.2) is 0 Å². The van der Waals surface area contributed by atoms with Gasteiger partial charge in [-0.2, -0.15) is 0 Å². The van der Waals surface area contributed by atoms with E-state index in [1.54, 1.807) is 18.3 Å². The average Bonchev–Trinajstić information content (AvgIpc) is 2.97. The lowest BCUT2D eigenvalue weighted by Crippen LogP contribution is -2.35. The molecule has 0 radical (unpaired) electrons. The maximum absolute atomic E-state index is 11.8. The first-order valence-corrected chi connectivity index (χ1v) is 7.62. The highest BCUT2D eigenvalue weighted by atomic mass is 16.2. The van der Waals surface area contributed by atoms with Crippen LogP contribution in [-0.2, 0) is 4.79 Å². The summed E-state index contributed by atoms with van der Waals surface area (Å²) in [6.07, 6.45) is 7.02. The lowest BCUT2D eigenvalue weighted by atomic mass is 10.0. The number of aromatic nitrogens is 1. The Morgan fingerprint density at radius 1 is 1.19 bits per heavy atom. The Hall–Kier alpha value is -1.91. The molecule has 114 valence electrons. The van der Waals surface area contributed by atoms with Crippen LogP contribution >= 0.6 is 0 Å². The standard InChI is InChI=1S/C16H23N3O2/c1-12-6-7-14(11-19-12)16(21)18-9-8-17-15(20)10-13-4-2-3-5-13/h6-7,11,13H,2-5,8-10H2,1H3,(H,17,20)(H,18,21). The average molecular weight is 289 g/mol. The minimum absolute atomic E-state index is 0.0909. The molecule has 0 saturated heterocycles. The highest BCUT2D eigenvalue weighted by molar-refractivity contribution is 5.93. The number of hydrogen-bond donors (Lipinski definition) is 2. The summed E-state index contributed by atoms with van der Waals surface area (Å²) in [5, 5.41) is 5.63. The third-order valence-electron chi connectivity index (χ3n) is 3.86. The van der Waals surface area contributed by atoms with Crippen molar-refractivity contribution in [3.05, 3.63) is 29.6 Å². The highest BCUT2D eigenvalue weighted by Gasteiger charge is 2.17. The Morgan fingerprint density at radius 2 is 1.90 bits per heavy atom. The molecule has 21 heavy (non-hydrogen) atoms. The molecule has 5 heteroatoms.